The van der Waals surface area contributed by atoms with E-state index in [-0.39, 0.29) is 16.1 Å². The molecule has 0 radical (unpaired) electrons. The van der Waals surface area contributed by atoms with Crippen molar-refractivity contribution in [1.82, 2.24) is 0 Å². The van der Waals surface area contributed by atoms with Gasteiger partial charge in [0.15, 0.2) is 0 Å². The van der Waals surface area contributed by atoms with E-state index in [0.717, 1.165) is 12.1 Å². The molecule has 0 saturated carbocycles. The number of halogens is 2. The van der Waals surface area contributed by atoms with Crippen molar-refractivity contribution in [3.63, 3.8) is 0 Å². The Morgan fingerprint density at radius 2 is 1.65 bits per heavy atom. The van der Waals surface area contributed by atoms with Crippen LogP contribution in [0.1, 0.15) is 5.56 Å². The molecule has 0 atom stereocenters. The van der Waals surface area contributed by atoms with Gasteiger partial charge in [-0.15, -0.1) is 0 Å². The maximum Gasteiger partial charge on any atom is 0.261 e. The van der Waals surface area contributed by atoms with Gasteiger partial charge >= 0.3 is 0 Å². The number of nitriles is 1. The summed E-state index contributed by atoms with van der Waals surface area (Å²) in [5.41, 5.74) is 1.18. The van der Waals surface area contributed by atoms with Gasteiger partial charge in [0.25, 0.3) is 10.0 Å². The number of hydrogen-bond acceptors (Lipinski definition) is 3. The van der Waals surface area contributed by atoms with Gasteiger partial charge in [-0.25, -0.2) is 17.2 Å². The van der Waals surface area contributed by atoms with Gasteiger partial charge in [0.1, 0.15) is 11.6 Å². The number of nitrogens with one attached hydrogen (secondary N) is 1. The summed E-state index contributed by atoms with van der Waals surface area (Å²) in [6.07, 6.45) is 0. The Hall–Kier alpha value is -3.24. The first-order chi connectivity index (χ1) is 12.4. The van der Waals surface area contributed by atoms with Crippen LogP contribution in [0.5, 0.6) is 0 Å². The van der Waals surface area contributed by atoms with Crippen LogP contribution in [0.25, 0.3) is 11.1 Å². The van der Waals surface area contributed by atoms with Crippen LogP contribution in [0.3, 0.4) is 0 Å². The van der Waals surface area contributed by atoms with Crippen molar-refractivity contribution in [3.05, 3.63) is 83.9 Å². The molecular weight excluding hydrogens is 358 g/mol. The Balaban J connectivity index is 1.88. The minimum Gasteiger partial charge on any atom is -0.280 e. The third-order valence-electron chi connectivity index (χ3n) is 3.65. The van der Waals surface area contributed by atoms with Gasteiger partial charge in [0.2, 0.25) is 0 Å². The lowest BCUT2D eigenvalue weighted by atomic mass is 10.1. The van der Waals surface area contributed by atoms with Gasteiger partial charge in [-0.2, -0.15) is 5.26 Å². The standard InChI is InChI=1S/C19H12F2N2O2S/c20-15-6-9-18(19(21)11-15)14-4-7-17(8-5-14)26(24,25)23-16-3-1-2-13(10-16)12-22/h1-11,23H. The maximum atomic E-state index is 13.8. The van der Waals surface area contributed by atoms with Crippen LogP contribution in [0.4, 0.5) is 14.5 Å². The zero-order valence-electron chi connectivity index (χ0n) is 13.3. The van der Waals surface area contributed by atoms with E-state index in [4.69, 9.17) is 5.26 Å². The summed E-state index contributed by atoms with van der Waals surface area (Å²) in [5.74, 6) is -1.42. The summed E-state index contributed by atoms with van der Waals surface area (Å²) >= 11 is 0. The molecule has 0 unspecified atom stereocenters. The summed E-state index contributed by atoms with van der Waals surface area (Å²) in [6.45, 7) is 0. The molecule has 0 bridgehead atoms. The summed E-state index contributed by atoms with van der Waals surface area (Å²) < 4.78 is 54.1. The second-order valence-corrected chi connectivity index (χ2v) is 7.13. The summed E-state index contributed by atoms with van der Waals surface area (Å²) in [5, 5.41) is 8.87. The first-order valence-corrected chi connectivity index (χ1v) is 8.96. The number of sulfonamides is 1. The number of hydrogen-bond donors (Lipinski definition) is 1. The lowest BCUT2D eigenvalue weighted by molar-refractivity contribution is 0.585. The quantitative estimate of drug-likeness (QED) is 0.744. The van der Waals surface area contributed by atoms with E-state index in [2.05, 4.69) is 4.72 Å². The minimum absolute atomic E-state index is 0.0221. The molecule has 0 aromatic heterocycles. The monoisotopic (exact) mass is 370 g/mol. The smallest absolute Gasteiger partial charge is 0.261 e. The van der Waals surface area contributed by atoms with Crippen molar-refractivity contribution >= 4 is 15.7 Å². The highest BCUT2D eigenvalue weighted by Gasteiger charge is 2.15. The van der Waals surface area contributed by atoms with E-state index in [1.54, 1.807) is 12.1 Å². The summed E-state index contributed by atoms with van der Waals surface area (Å²) in [7, 11) is -3.87. The molecule has 26 heavy (non-hydrogen) atoms. The van der Waals surface area contributed by atoms with Gasteiger partial charge in [0.05, 0.1) is 22.2 Å². The molecule has 7 heteroatoms. The fraction of sp³-hybridized carbons (Fsp3) is 0. The van der Waals surface area contributed by atoms with E-state index in [1.165, 1.54) is 42.5 Å². The Kier molecular flexibility index (Phi) is 4.69. The first-order valence-electron chi connectivity index (χ1n) is 7.47. The highest BCUT2D eigenvalue weighted by atomic mass is 32.2. The van der Waals surface area contributed by atoms with Crippen LogP contribution in [0, 0.1) is 23.0 Å². The van der Waals surface area contributed by atoms with Crippen LogP contribution >= 0.6 is 0 Å². The topological polar surface area (TPSA) is 70.0 Å². The Labute approximate surface area is 149 Å². The van der Waals surface area contributed by atoms with Gasteiger partial charge in [-0.05, 0) is 48.0 Å². The van der Waals surface area contributed by atoms with Crippen molar-refractivity contribution in [2.24, 2.45) is 0 Å². The van der Waals surface area contributed by atoms with Crippen LogP contribution in [0.15, 0.2) is 71.6 Å². The molecule has 1 N–H and O–H groups in total. The SMILES string of the molecule is N#Cc1cccc(NS(=O)(=O)c2ccc(-c3ccc(F)cc3F)cc2)c1. The van der Waals surface area contributed by atoms with Crippen LogP contribution in [-0.4, -0.2) is 8.42 Å². The van der Waals surface area contributed by atoms with E-state index >= 15 is 0 Å². The highest BCUT2D eigenvalue weighted by Crippen LogP contribution is 2.25. The third-order valence-corrected chi connectivity index (χ3v) is 5.05. The summed E-state index contributed by atoms with van der Waals surface area (Å²) in [6, 6.07) is 16.7. The molecule has 0 saturated heterocycles. The fourth-order valence-electron chi connectivity index (χ4n) is 2.40. The van der Waals surface area contributed by atoms with E-state index < -0.39 is 21.7 Å². The summed E-state index contributed by atoms with van der Waals surface area (Å²) in [4.78, 5) is -0.0221. The maximum absolute atomic E-state index is 13.8. The average molecular weight is 370 g/mol. The second kappa shape index (κ2) is 6.94. The molecule has 0 aliphatic heterocycles. The first kappa shape index (κ1) is 17.6. The molecule has 130 valence electrons. The van der Waals surface area contributed by atoms with Crippen molar-refractivity contribution in [2.75, 3.05) is 4.72 Å². The predicted molar refractivity (Wildman–Crippen MR) is 93.8 cm³/mol. The molecule has 0 aliphatic carbocycles. The zero-order chi connectivity index (χ0) is 18.7. The van der Waals surface area contributed by atoms with Gasteiger partial charge in [0, 0.05) is 11.6 Å². The lowest BCUT2D eigenvalue weighted by Crippen LogP contribution is -2.12. The molecule has 0 heterocycles. The molecule has 0 amide bonds. The van der Waals surface area contributed by atoms with E-state index in [0.29, 0.717) is 11.1 Å². The van der Waals surface area contributed by atoms with Gasteiger partial charge in [-0.3, -0.25) is 4.72 Å². The largest absolute Gasteiger partial charge is 0.280 e. The number of anilines is 1. The lowest BCUT2D eigenvalue weighted by Gasteiger charge is -2.09. The highest BCUT2D eigenvalue weighted by molar-refractivity contribution is 7.92. The van der Waals surface area contributed by atoms with Crippen LogP contribution < -0.4 is 4.72 Å². The van der Waals surface area contributed by atoms with Gasteiger partial charge < -0.3 is 0 Å². The van der Waals surface area contributed by atoms with Crippen molar-refractivity contribution in [1.29, 1.82) is 5.26 Å². The molecule has 3 rings (SSSR count). The number of benzene rings is 3. The molecule has 0 aliphatic rings. The molecule has 3 aromatic rings. The minimum atomic E-state index is -3.87. The molecule has 0 spiro atoms. The number of rotatable bonds is 4. The van der Waals surface area contributed by atoms with E-state index in [9.17, 15) is 17.2 Å². The third kappa shape index (κ3) is 3.71. The molecule has 3 aromatic carbocycles. The predicted octanol–water partition coefficient (Wildman–Crippen LogP) is 4.30. The Bertz CT molecular complexity index is 1110. The Morgan fingerprint density at radius 3 is 2.31 bits per heavy atom. The van der Waals surface area contributed by atoms with Crippen molar-refractivity contribution < 1.29 is 17.2 Å². The van der Waals surface area contributed by atoms with Crippen molar-refractivity contribution in [3.8, 4) is 17.2 Å². The normalized spacial score (nSPS) is 11.0. The van der Waals surface area contributed by atoms with Gasteiger partial charge in [-0.1, -0.05) is 18.2 Å². The molecule has 4 nitrogen and oxygen atoms in total. The van der Waals surface area contributed by atoms with E-state index in [1.807, 2.05) is 6.07 Å². The van der Waals surface area contributed by atoms with Crippen LogP contribution in [0.2, 0.25) is 0 Å². The zero-order valence-corrected chi connectivity index (χ0v) is 14.1. The average Bonchev–Trinajstić information content (AvgIpc) is 2.62. The van der Waals surface area contributed by atoms with Crippen molar-refractivity contribution in [2.45, 2.75) is 4.90 Å². The number of nitrogens with zero attached hydrogens (tertiary/aromatic N) is 1. The van der Waals surface area contributed by atoms with Crippen LogP contribution in [-0.2, 0) is 10.0 Å². The fourth-order valence-corrected chi connectivity index (χ4v) is 3.45. The molecule has 0 fully saturated rings. The Morgan fingerprint density at radius 1 is 0.923 bits per heavy atom. The molecular formula is C19H12F2N2O2S. The second-order valence-electron chi connectivity index (χ2n) is 5.45.